The molecule has 3 rings (SSSR count). The normalized spacial score (nSPS) is 20.3. The molecule has 0 bridgehead atoms. The van der Waals surface area contributed by atoms with Gasteiger partial charge in [0.2, 0.25) is 5.91 Å². The molecule has 1 aliphatic rings. The number of amides is 1. The zero-order valence-corrected chi connectivity index (χ0v) is 13.1. The largest absolute Gasteiger partial charge is 0.469 e. The fourth-order valence-corrected chi connectivity index (χ4v) is 4.00. The average Bonchev–Trinajstić information content (AvgIpc) is 2.93. The van der Waals surface area contributed by atoms with Crippen molar-refractivity contribution in [2.45, 2.75) is 12.5 Å². The quantitative estimate of drug-likeness (QED) is 0.862. The van der Waals surface area contributed by atoms with E-state index in [1.54, 1.807) is 22.7 Å². The van der Waals surface area contributed by atoms with Crippen molar-refractivity contribution in [1.82, 2.24) is 5.32 Å². The SMILES string of the molecule is COC(=O)[C@@H]1C[C@@H]1C(=O)NC(c1cccs1)c1cccs1. The van der Waals surface area contributed by atoms with E-state index in [0.717, 1.165) is 9.75 Å². The van der Waals surface area contributed by atoms with Crippen molar-refractivity contribution in [2.75, 3.05) is 7.11 Å². The van der Waals surface area contributed by atoms with E-state index < -0.39 is 0 Å². The molecule has 1 N–H and O–H groups in total. The molecular weight excluding hydrogens is 306 g/mol. The monoisotopic (exact) mass is 321 g/mol. The van der Waals surface area contributed by atoms with E-state index in [1.165, 1.54) is 7.11 Å². The van der Waals surface area contributed by atoms with E-state index in [0.29, 0.717) is 6.42 Å². The lowest BCUT2D eigenvalue weighted by Crippen LogP contribution is -2.30. The number of nitrogens with one attached hydrogen (secondary N) is 1. The standard InChI is InChI=1S/C15H15NO3S2/c1-19-15(18)10-8-9(10)14(17)16-13(11-4-2-6-20-11)12-5-3-7-21-12/h2-7,9-10,13H,8H2,1H3,(H,16,17)/t9-,10+/m0/s1. The Morgan fingerprint density at radius 1 is 1.19 bits per heavy atom. The van der Waals surface area contributed by atoms with Crippen molar-refractivity contribution in [3.05, 3.63) is 44.8 Å². The van der Waals surface area contributed by atoms with E-state index in [1.807, 2.05) is 35.0 Å². The van der Waals surface area contributed by atoms with Gasteiger partial charge in [0.15, 0.2) is 0 Å². The van der Waals surface area contributed by atoms with Gasteiger partial charge in [-0.2, -0.15) is 0 Å². The summed E-state index contributed by atoms with van der Waals surface area (Å²) in [7, 11) is 1.36. The van der Waals surface area contributed by atoms with E-state index in [-0.39, 0.29) is 29.8 Å². The van der Waals surface area contributed by atoms with Crippen LogP contribution in [0.25, 0.3) is 0 Å². The van der Waals surface area contributed by atoms with Crippen molar-refractivity contribution in [3.8, 4) is 0 Å². The summed E-state index contributed by atoms with van der Waals surface area (Å²) in [4.78, 5) is 26.0. The molecule has 0 aromatic carbocycles. The predicted molar refractivity (Wildman–Crippen MR) is 82.2 cm³/mol. The van der Waals surface area contributed by atoms with Crippen LogP contribution in [0.5, 0.6) is 0 Å². The third-order valence-corrected chi connectivity index (χ3v) is 5.45. The van der Waals surface area contributed by atoms with Gasteiger partial charge in [0.25, 0.3) is 0 Å². The molecule has 1 saturated carbocycles. The van der Waals surface area contributed by atoms with Crippen LogP contribution in [0.1, 0.15) is 22.2 Å². The molecule has 2 aromatic heterocycles. The Kier molecular flexibility index (Phi) is 4.07. The number of ether oxygens (including phenoxy) is 1. The predicted octanol–water partition coefficient (Wildman–Crippen LogP) is 2.82. The lowest BCUT2D eigenvalue weighted by molar-refractivity contribution is -0.143. The molecule has 110 valence electrons. The van der Waals surface area contributed by atoms with Crippen molar-refractivity contribution in [2.24, 2.45) is 11.8 Å². The van der Waals surface area contributed by atoms with Gasteiger partial charge >= 0.3 is 5.97 Å². The number of carbonyl (C=O) groups excluding carboxylic acids is 2. The van der Waals surface area contributed by atoms with Crippen LogP contribution in [-0.2, 0) is 14.3 Å². The number of hydrogen-bond acceptors (Lipinski definition) is 5. The van der Waals surface area contributed by atoms with E-state index >= 15 is 0 Å². The zero-order chi connectivity index (χ0) is 14.8. The van der Waals surface area contributed by atoms with Gasteiger partial charge in [-0.25, -0.2) is 0 Å². The third kappa shape index (κ3) is 3.01. The summed E-state index contributed by atoms with van der Waals surface area (Å²) in [5.74, 6) is -0.890. The Balaban J connectivity index is 1.72. The topological polar surface area (TPSA) is 55.4 Å². The smallest absolute Gasteiger partial charge is 0.309 e. The highest BCUT2D eigenvalue weighted by molar-refractivity contribution is 7.11. The molecule has 0 unspecified atom stereocenters. The van der Waals surface area contributed by atoms with Gasteiger partial charge in [0.1, 0.15) is 0 Å². The summed E-state index contributed by atoms with van der Waals surface area (Å²) >= 11 is 3.23. The van der Waals surface area contributed by atoms with Crippen LogP contribution in [0.3, 0.4) is 0 Å². The van der Waals surface area contributed by atoms with E-state index in [9.17, 15) is 9.59 Å². The lowest BCUT2D eigenvalue weighted by Gasteiger charge is -2.16. The second-order valence-corrected chi connectivity index (χ2v) is 6.90. The summed E-state index contributed by atoms with van der Waals surface area (Å²) in [6, 6.07) is 7.85. The molecule has 2 atom stereocenters. The van der Waals surface area contributed by atoms with E-state index in [2.05, 4.69) is 10.1 Å². The fourth-order valence-electron chi connectivity index (χ4n) is 2.34. The number of carbonyl (C=O) groups is 2. The third-order valence-electron chi connectivity index (χ3n) is 3.57. The first-order chi connectivity index (χ1) is 10.2. The van der Waals surface area contributed by atoms with Crippen molar-refractivity contribution in [1.29, 1.82) is 0 Å². The zero-order valence-electron chi connectivity index (χ0n) is 11.4. The van der Waals surface area contributed by atoms with Crippen LogP contribution in [0, 0.1) is 11.8 Å². The summed E-state index contributed by atoms with van der Waals surface area (Å²) in [6.45, 7) is 0. The van der Waals surface area contributed by atoms with Crippen LogP contribution in [0.2, 0.25) is 0 Å². The van der Waals surface area contributed by atoms with Gasteiger partial charge in [0.05, 0.1) is 25.0 Å². The first-order valence-electron chi connectivity index (χ1n) is 6.65. The first kappa shape index (κ1) is 14.3. The number of thiophene rings is 2. The molecule has 1 aliphatic carbocycles. The molecule has 6 heteroatoms. The molecule has 1 amide bonds. The summed E-state index contributed by atoms with van der Waals surface area (Å²) in [5, 5.41) is 7.06. The maximum absolute atomic E-state index is 12.3. The molecule has 2 heterocycles. The summed E-state index contributed by atoms with van der Waals surface area (Å²) < 4.78 is 4.69. The second kappa shape index (κ2) is 5.99. The Hall–Kier alpha value is -1.66. The highest BCUT2D eigenvalue weighted by atomic mass is 32.1. The summed E-state index contributed by atoms with van der Waals surface area (Å²) in [6.07, 6.45) is 0.583. The van der Waals surface area contributed by atoms with Crippen LogP contribution in [0.15, 0.2) is 35.0 Å². The van der Waals surface area contributed by atoms with Crippen molar-refractivity contribution in [3.63, 3.8) is 0 Å². The van der Waals surface area contributed by atoms with Gasteiger partial charge in [-0.3, -0.25) is 9.59 Å². The Bertz CT molecular complexity index is 587. The Morgan fingerprint density at radius 3 is 2.29 bits per heavy atom. The Morgan fingerprint density at radius 2 is 1.81 bits per heavy atom. The molecule has 0 saturated heterocycles. The number of methoxy groups -OCH3 is 1. The van der Waals surface area contributed by atoms with Gasteiger partial charge in [-0.15, -0.1) is 22.7 Å². The minimum absolute atomic E-state index is 0.0720. The van der Waals surface area contributed by atoms with Crippen molar-refractivity contribution < 1.29 is 14.3 Å². The first-order valence-corrected chi connectivity index (χ1v) is 8.41. The molecule has 21 heavy (non-hydrogen) atoms. The highest BCUT2D eigenvalue weighted by Gasteiger charge is 2.49. The maximum atomic E-state index is 12.3. The van der Waals surface area contributed by atoms with Crippen LogP contribution in [0.4, 0.5) is 0 Å². The number of hydrogen-bond donors (Lipinski definition) is 1. The molecule has 0 radical (unpaired) electrons. The maximum Gasteiger partial charge on any atom is 0.309 e. The molecular formula is C15H15NO3S2. The highest BCUT2D eigenvalue weighted by Crippen LogP contribution is 2.40. The van der Waals surface area contributed by atoms with Crippen LogP contribution in [-0.4, -0.2) is 19.0 Å². The minimum atomic E-state index is -0.293. The molecule has 1 fully saturated rings. The average molecular weight is 321 g/mol. The molecule has 0 aliphatic heterocycles. The van der Waals surface area contributed by atoms with Crippen LogP contribution >= 0.6 is 22.7 Å². The number of rotatable bonds is 5. The van der Waals surface area contributed by atoms with Gasteiger partial charge < -0.3 is 10.1 Å². The Labute approximate surface area is 130 Å². The molecule has 2 aromatic rings. The molecule has 4 nitrogen and oxygen atoms in total. The van der Waals surface area contributed by atoms with Gasteiger partial charge in [0, 0.05) is 9.75 Å². The summed E-state index contributed by atoms with van der Waals surface area (Å²) in [5.41, 5.74) is 0. The molecule has 0 spiro atoms. The fraction of sp³-hybridized carbons (Fsp3) is 0.333. The van der Waals surface area contributed by atoms with Crippen LogP contribution < -0.4 is 5.32 Å². The number of esters is 1. The van der Waals surface area contributed by atoms with E-state index in [4.69, 9.17) is 0 Å². The van der Waals surface area contributed by atoms with Crippen molar-refractivity contribution >= 4 is 34.6 Å². The lowest BCUT2D eigenvalue weighted by atomic mass is 10.2. The second-order valence-electron chi connectivity index (χ2n) is 4.94. The van der Waals surface area contributed by atoms with Gasteiger partial charge in [-0.05, 0) is 29.3 Å². The minimum Gasteiger partial charge on any atom is -0.469 e. The van der Waals surface area contributed by atoms with Gasteiger partial charge in [-0.1, -0.05) is 12.1 Å².